The molecule has 0 radical (unpaired) electrons. The van der Waals surface area contributed by atoms with Gasteiger partial charge in [-0.3, -0.25) is 4.79 Å². The fraction of sp³-hybridized carbons (Fsp3) is 0.333. The summed E-state index contributed by atoms with van der Waals surface area (Å²) < 4.78 is 4.92. The average Bonchev–Trinajstić information content (AvgIpc) is 2.37. The molecule has 0 N–H and O–H groups in total. The largest absolute Gasteiger partial charge is 0.462 e. The van der Waals surface area contributed by atoms with E-state index in [0.717, 1.165) is 5.56 Å². The van der Waals surface area contributed by atoms with E-state index < -0.39 is 5.97 Å². The lowest BCUT2D eigenvalue weighted by Gasteiger charge is -2.05. The van der Waals surface area contributed by atoms with Gasteiger partial charge >= 0.3 is 5.97 Å². The Balaban J connectivity index is 3.00. The fourth-order valence-electron chi connectivity index (χ4n) is 1.54. The smallest absolute Gasteiger partial charge is 0.341 e. The summed E-state index contributed by atoms with van der Waals surface area (Å²) in [6.45, 7) is 3.90. The number of carbonyl (C=O) groups is 2. The lowest BCUT2D eigenvalue weighted by atomic mass is 10.0. The Kier molecular flexibility index (Phi) is 5.85. The molecule has 0 saturated heterocycles. The molecule has 0 aromatic heterocycles. The molecule has 0 saturated carbocycles. The molecule has 18 heavy (non-hydrogen) atoms. The summed E-state index contributed by atoms with van der Waals surface area (Å²) in [6.07, 6.45) is 2.66. The zero-order chi connectivity index (χ0) is 13.4. The minimum absolute atomic E-state index is 0.130. The van der Waals surface area contributed by atoms with E-state index in [2.05, 4.69) is 0 Å². The van der Waals surface area contributed by atoms with Crippen LogP contribution in [0.5, 0.6) is 0 Å². The van der Waals surface area contributed by atoms with Gasteiger partial charge in [-0.25, -0.2) is 4.79 Å². The molecule has 0 aliphatic carbocycles. The van der Waals surface area contributed by atoms with Gasteiger partial charge < -0.3 is 4.74 Å². The van der Waals surface area contributed by atoms with E-state index in [-0.39, 0.29) is 18.0 Å². The minimum Gasteiger partial charge on any atom is -0.462 e. The van der Waals surface area contributed by atoms with Crippen LogP contribution in [0.4, 0.5) is 0 Å². The molecule has 0 amide bonds. The maximum Gasteiger partial charge on any atom is 0.341 e. The number of ketones is 1. The van der Waals surface area contributed by atoms with Crippen LogP contribution in [0.15, 0.2) is 35.9 Å². The first kappa shape index (κ1) is 14.2. The van der Waals surface area contributed by atoms with E-state index >= 15 is 0 Å². The molecule has 0 atom stereocenters. The summed E-state index contributed by atoms with van der Waals surface area (Å²) in [5.74, 6) is -0.709. The number of hydrogen-bond acceptors (Lipinski definition) is 3. The number of esters is 1. The molecule has 0 spiro atoms. The topological polar surface area (TPSA) is 43.4 Å². The summed E-state index contributed by atoms with van der Waals surface area (Å²) >= 11 is 0. The molecule has 1 aromatic rings. The van der Waals surface area contributed by atoms with Gasteiger partial charge in [0.25, 0.3) is 0 Å². The molecule has 0 bridgehead atoms. The molecule has 0 heterocycles. The molecule has 0 fully saturated rings. The number of Topliss-reactive ketones (excluding diaryl/α,β-unsaturated/α-hetero) is 1. The number of ether oxygens (including phenoxy) is 1. The molecule has 0 aliphatic rings. The summed E-state index contributed by atoms with van der Waals surface area (Å²) in [5.41, 5.74) is 0.954. The Hall–Kier alpha value is -1.90. The SMILES string of the molecule is CCCC(=O)/C(=C\c1ccccc1)C(=O)OCC. The van der Waals surface area contributed by atoms with Gasteiger partial charge in [0.1, 0.15) is 5.57 Å². The Bertz CT molecular complexity index is 412. The van der Waals surface area contributed by atoms with Crippen LogP contribution >= 0.6 is 0 Å². The normalized spacial score (nSPS) is 11.1. The maximum absolute atomic E-state index is 11.9. The van der Waals surface area contributed by atoms with Crippen molar-refractivity contribution in [3.05, 3.63) is 41.5 Å². The van der Waals surface area contributed by atoms with Crippen LogP contribution in [0.2, 0.25) is 0 Å². The quantitative estimate of drug-likeness (QED) is 0.335. The van der Waals surface area contributed by atoms with E-state index in [1.54, 1.807) is 13.0 Å². The van der Waals surface area contributed by atoms with E-state index in [1.807, 2.05) is 37.3 Å². The summed E-state index contributed by atoms with van der Waals surface area (Å²) in [6, 6.07) is 9.30. The molecule has 3 heteroatoms. The maximum atomic E-state index is 11.9. The van der Waals surface area contributed by atoms with E-state index in [9.17, 15) is 9.59 Å². The van der Waals surface area contributed by atoms with Gasteiger partial charge in [0, 0.05) is 6.42 Å². The van der Waals surface area contributed by atoms with E-state index in [0.29, 0.717) is 12.8 Å². The molecule has 0 unspecified atom stereocenters. The monoisotopic (exact) mass is 246 g/mol. The Labute approximate surface area is 107 Å². The second kappa shape index (κ2) is 7.43. The van der Waals surface area contributed by atoms with Gasteiger partial charge in [0.15, 0.2) is 5.78 Å². The second-order valence-corrected chi connectivity index (χ2v) is 3.86. The average molecular weight is 246 g/mol. The van der Waals surface area contributed by atoms with Crippen molar-refractivity contribution in [2.45, 2.75) is 26.7 Å². The number of carbonyl (C=O) groups excluding carboxylic acids is 2. The first-order chi connectivity index (χ1) is 8.69. The predicted molar refractivity (Wildman–Crippen MR) is 71.0 cm³/mol. The van der Waals surface area contributed by atoms with Crippen molar-refractivity contribution < 1.29 is 14.3 Å². The van der Waals surface area contributed by atoms with Crippen molar-refractivity contribution in [1.29, 1.82) is 0 Å². The molecule has 96 valence electrons. The van der Waals surface area contributed by atoms with Crippen molar-refractivity contribution in [3.63, 3.8) is 0 Å². The zero-order valence-electron chi connectivity index (χ0n) is 10.8. The van der Waals surface area contributed by atoms with Crippen LogP contribution in [-0.4, -0.2) is 18.4 Å². The predicted octanol–water partition coefficient (Wildman–Crippen LogP) is 3.00. The molecular weight excluding hydrogens is 228 g/mol. The third kappa shape index (κ3) is 4.17. The van der Waals surface area contributed by atoms with Crippen LogP contribution in [0, 0.1) is 0 Å². The molecular formula is C15H18O3. The van der Waals surface area contributed by atoms with Crippen molar-refractivity contribution >= 4 is 17.8 Å². The molecule has 1 rings (SSSR count). The lowest BCUT2D eigenvalue weighted by molar-refractivity contribution is -0.139. The Morgan fingerprint density at radius 1 is 1.17 bits per heavy atom. The third-order valence-corrected chi connectivity index (χ3v) is 2.38. The van der Waals surface area contributed by atoms with E-state index in [1.165, 1.54) is 0 Å². The minimum atomic E-state index is -0.542. The van der Waals surface area contributed by atoms with Gasteiger partial charge in [-0.1, -0.05) is 37.3 Å². The van der Waals surface area contributed by atoms with Gasteiger partial charge in [0.05, 0.1) is 6.61 Å². The van der Waals surface area contributed by atoms with Gasteiger partial charge in [-0.15, -0.1) is 0 Å². The molecule has 3 nitrogen and oxygen atoms in total. The Morgan fingerprint density at radius 2 is 1.83 bits per heavy atom. The van der Waals surface area contributed by atoms with E-state index in [4.69, 9.17) is 4.74 Å². The van der Waals surface area contributed by atoms with Crippen LogP contribution in [-0.2, 0) is 14.3 Å². The van der Waals surface area contributed by atoms with Gasteiger partial charge in [-0.2, -0.15) is 0 Å². The van der Waals surface area contributed by atoms with Crippen LogP contribution < -0.4 is 0 Å². The van der Waals surface area contributed by atoms with Crippen LogP contribution in [0.3, 0.4) is 0 Å². The highest BCUT2D eigenvalue weighted by atomic mass is 16.5. The zero-order valence-corrected chi connectivity index (χ0v) is 10.8. The van der Waals surface area contributed by atoms with Crippen molar-refractivity contribution in [1.82, 2.24) is 0 Å². The second-order valence-electron chi connectivity index (χ2n) is 3.86. The Morgan fingerprint density at radius 3 is 2.39 bits per heavy atom. The summed E-state index contributed by atoms with van der Waals surface area (Å²) in [5, 5.41) is 0. The summed E-state index contributed by atoms with van der Waals surface area (Å²) in [4.78, 5) is 23.6. The fourth-order valence-corrected chi connectivity index (χ4v) is 1.54. The highest BCUT2D eigenvalue weighted by Gasteiger charge is 2.18. The van der Waals surface area contributed by atoms with Crippen LogP contribution in [0.25, 0.3) is 6.08 Å². The van der Waals surface area contributed by atoms with Crippen molar-refractivity contribution in [2.24, 2.45) is 0 Å². The van der Waals surface area contributed by atoms with Gasteiger partial charge in [-0.05, 0) is 25.0 Å². The van der Waals surface area contributed by atoms with Crippen LogP contribution in [0.1, 0.15) is 32.3 Å². The van der Waals surface area contributed by atoms with Gasteiger partial charge in [0.2, 0.25) is 0 Å². The first-order valence-electron chi connectivity index (χ1n) is 6.16. The number of rotatable bonds is 6. The summed E-state index contributed by atoms with van der Waals surface area (Å²) in [7, 11) is 0. The highest BCUT2D eigenvalue weighted by molar-refractivity contribution is 6.20. The lowest BCUT2D eigenvalue weighted by Crippen LogP contribution is -2.15. The molecule has 0 aliphatic heterocycles. The number of benzene rings is 1. The number of hydrogen-bond donors (Lipinski definition) is 0. The van der Waals surface area contributed by atoms with Crippen molar-refractivity contribution in [3.8, 4) is 0 Å². The third-order valence-electron chi connectivity index (χ3n) is 2.38. The first-order valence-corrected chi connectivity index (χ1v) is 6.16. The highest BCUT2D eigenvalue weighted by Crippen LogP contribution is 2.12. The van der Waals surface area contributed by atoms with Crippen molar-refractivity contribution in [2.75, 3.05) is 6.61 Å². The standard InChI is InChI=1S/C15H18O3/c1-3-8-14(16)13(15(17)18-4-2)11-12-9-6-5-7-10-12/h5-7,9-11H,3-4,8H2,1-2H3/b13-11+. The molecule has 1 aromatic carbocycles.